The number of nitrogens with one attached hydrogen (secondary N) is 1. The molecular weight excluding hydrogens is 261 g/mol. The molecule has 0 saturated heterocycles. The smallest absolute Gasteiger partial charge is 0.243 e. The highest BCUT2D eigenvalue weighted by Gasteiger charge is 2.23. The molecule has 0 spiro atoms. The zero-order valence-corrected chi connectivity index (χ0v) is 10.8. The lowest BCUT2D eigenvalue weighted by Gasteiger charge is -2.16. The predicted molar refractivity (Wildman–Crippen MR) is 64.7 cm³/mol. The van der Waals surface area contributed by atoms with Gasteiger partial charge in [0.05, 0.1) is 17.1 Å². The van der Waals surface area contributed by atoms with E-state index in [9.17, 15) is 17.6 Å². The van der Waals surface area contributed by atoms with Crippen molar-refractivity contribution in [2.45, 2.75) is 4.90 Å². The van der Waals surface area contributed by atoms with Crippen LogP contribution in [0.25, 0.3) is 0 Å². The summed E-state index contributed by atoms with van der Waals surface area (Å²) in [5.74, 6) is -1.28. The first kappa shape index (κ1) is 14.4. The van der Waals surface area contributed by atoms with Crippen LogP contribution in [-0.2, 0) is 14.8 Å². The van der Waals surface area contributed by atoms with Crippen LogP contribution in [0.3, 0.4) is 0 Å². The molecule has 0 heterocycles. The number of carbonyl (C=O) groups excluding carboxylic acids is 1. The lowest BCUT2D eigenvalue weighted by molar-refractivity contribution is -0.120. The quantitative estimate of drug-likeness (QED) is 0.743. The summed E-state index contributed by atoms with van der Waals surface area (Å²) in [7, 11) is -1.28. The molecule has 0 bridgehead atoms. The second kappa shape index (κ2) is 5.32. The first-order chi connectivity index (χ1) is 8.28. The number of rotatable bonds is 4. The average molecular weight is 275 g/mol. The van der Waals surface area contributed by atoms with Crippen molar-refractivity contribution in [1.82, 2.24) is 9.62 Å². The Bertz CT molecular complexity index is 559. The summed E-state index contributed by atoms with van der Waals surface area (Å²) in [6.45, 7) is -0.342. The van der Waals surface area contributed by atoms with E-state index in [1.807, 2.05) is 0 Å². The van der Waals surface area contributed by atoms with E-state index in [0.29, 0.717) is 0 Å². The van der Waals surface area contributed by atoms with Crippen molar-refractivity contribution in [3.8, 4) is 0 Å². The van der Waals surface area contributed by atoms with E-state index in [0.717, 1.165) is 16.4 Å². The van der Waals surface area contributed by atoms with Crippen LogP contribution in [-0.4, -0.2) is 39.3 Å². The highest BCUT2D eigenvalue weighted by Crippen LogP contribution is 2.18. The Hall–Kier alpha value is -1.67. The molecule has 1 aromatic rings. The van der Waals surface area contributed by atoms with E-state index in [1.165, 1.54) is 20.2 Å². The number of nitrogens with two attached hydrogens (primary N) is 1. The van der Waals surface area contributed by atoms with Crippen LogP contribution in [0.15, 0.2) is 23.1 Å². The second-order valence-electron chi connectivity index (χ2n) is 3.62. The van der Waals surface area contributed by atoms with E-state index >= 15 is 0 Å². The third kappa shape index (κ3) is 2.96. The molecule has 1 aromatic carbocycles. The molecule has 100 valence electrons. The number of benzene rings is 1. The van der Waals surface area contributed by atoms with Crippen molar-refractivity contribution in [3.05, 3.63) is 24.0 Å². The lowest BCUT2D eigenvalue weighted by Crippen LogP contribution is -2.36. The van der Waals surface area contributed by atoms with Crippen LogP contribution in [0.2, 0.25) is 0 Å². The van der Waals surface area contributed by atoms with Gasteiger partial charge in [0.2, 0.25) is 15.9 Å². The average Bonchev–Trinajstić information content (AvgIpc) is 2.32. The maximum Gasteiger partial charge on any atom is 0.243 e. The summed E-state index contributed by atoms with van der Waals surface area (Å²) in [5, 5.41) is 2.30. The number of anilines is 1. The second-order valence-corrected chi connectivity index (χ2v) is 5.66. The molecule has 0 saturated carbocycles. The summed E-state index contributed by atoms with van der Waals surface area (Å²) in [4.78, 5) is 10.9. The number of hydrogen-bond acceptors (Lipinski definition) is 4. The summed E-state index contributed by atoms with van der Waals surface area (Å²) in [6.07, 6.45) is 0. The molecule has 8 heteroatoms. The molecule has 18 heavy (non-hydrogen) atoms. The van der Waals surface area contributed by atoms with E-state index in [1.54, 1.807) is 0 Å². The Labute approximate surface area is 105 Å². The lowest BCUT2D eigenvalue weighted by atomic mass is 10.3. The minimum absolute atomic E-state index is 0.136. The van der Waals surface area contributed by atoms with Gasteiger partial charge in [-0.05, 0) is 18.2 Å². The van der Waals surface area contributed by atoms with Crippen LogP contribution >= 0.6 is 0 Å². The number of halogens is 1. The summed E-state index contributed by atoms with van der Waals surface area (Å²) >= 11 is 0. The zero-order chi connectivity index (χ0) is 13.9. The molecule has 0 aliphatic rings. The van der Waals surface area contributed by atoms with E-state index < -0.39 is 21.7 Å². The van der Waals surface area contributed by atoms with E-state index in [2.05, 4.69) is 5.32 Å². The molecule has 0 unspecified atom stereocenters. The molecule has 0 aromatic heterocycles. The molecular formula is C10H14FN3O3S. The van der Waals surface area contributed by atoms with Gasteiger partial charge in [0.1, 0.15) is 5.82 Å². The van der Waals surface area contributed by atoms with Gasteiger partial charge in [0.25, 0.3) is 0 Å². The van der Waals surface area contributed by atoms with Gasteiger partial charge < -0.3 is 11.1 Å². The normalized spacial score (nSPS) is 11.6. The monoisotopic (exact) mass is 275 g/mol. The summed E-state index contributed by atoms with van der Waals surface area (Å²) in [5.41, 5.74) is 5.13. The summed E-state index contributed by atoms with van der Waals surface area (Å²) < 4.78 is 38.0. The number of sulfonamides is 1. The maximum absolute atomic E-state index is 13.2. The topological polar surface area (TPSA) is 92.5 Å². The Morgan fingerprint density at radius 2 is 2.11 bits per heavy atom. The van der Waals surface area contributed by atoms with E-state index in [-0.39, 0.29) is 17.1 Å². The van der Waals surface area contributed by atoms with Crippen LogP contribution in [0.4, 0.5) is 10.1 Å². The largest absolute Gasteiger partial charge is 0.396 e. The first-order valence-electron chi connectivity index (χ1n) is 5.01. The van der Waals surface area contributed by atoms with Gasteiger partial charge in [0, 0.05) is 14.1 Å². The number of nitrogens with zero attached hydrogens (tertiary/aromatic N) is 1. The molecule has 3 N–H and O–H groups in total. The maximum atomic E-state index is 13.2. The van der Waals surface area contributed by atoms with Gasteiger partial charge in [-0.1, -0.05) is 0 Å². The fourth-order valence-electron chi connectivity index (χ4n) is 1.21. The standard InChI is InChI=1S/C10H14FN3O3S/c1-13-10(15)6-14(2)18(16,17)7-3-4-9(12)8(11)5-7/h3-5H,6,12H2,1-2H3,(H,13,15). The fourth-order valence-corrected chi connectivity index (χ4v) is 2.35. The minimum Gasteiger partial charge on any atom is -0.396 e. The molecule has 1 amide bonds. The van der Waals surface area contributed by atoms with Gasteiger partial charge in [-0.25, -0.2) is 12.8 Å². The fraction of sp³-hybridized carbons (Fsp3) is 0.300. The Morgan fingerprint density at radius 1 is 1.50 bits per heavy atom. The van der Waals surface area contributed by atoms with Crippen molar-refractivity contribution >= 4 is 21.6 Å². The number of hydrogen-bond donors (Lipinski definition) is 2. The van der Waals surface area contributed by atoms with Crippen LogP contribution in [0.1, 0.15) is 0 Å². The SMILES string of the molecule is CNC(=O)CN(C)S(=O)(=O)c1ccc(N)c(F)c1. The third-order valence-corrected chi connectivity index (χ3v) is 4.12. The molecule has 0 aliphatic heterocycles. The van der Waals surface area contributed by atoms with Crippen molar-refractivity contribution in [1.29, 1.82) is 0 Å². The van der Waals surface area contributed by atoms with Gasteiger partial charge >= 0.3 is 0 Å². The minimum atomic E-state index is -3.91. The highest BCUT2D eigenvalue weighted by molar-refractivity contribution is 7.89. The van der Waals surface area contributed by atoms with Gasteiger partial charge in [-0.3, -0.25) is 4.79 Å². The van der Waals surface area contributed by atoms with Crippen molar-refractivity contribution in [2.75, 3.05) is 26.4 Å². The van der Waals surface area contributed by atoms with Gasteiger partial charge in [-0.2, -0.15) is 4.31 Å². The van der Waals surface area contributed by atoms with Crippen molar-refractivity contribution in [2.24, 2.45) is 0 Å². The number of carbonyl (C=O) groups is 1. The van der Waals surface area contributed by atoms with Crippen molar-refractivity contribution < 1.29 is 17.6 Å². The van der Waals surface area contributed by atoms with E-state index in [4.69, 9.17) is 5.73 Å². The molecule has 6 nitrogen and oxygen atoms in total. The highest BCUT2D eigenvalue weighted by atomic mass is 32.2. The van der Waals surface area contributed by atoms with Crippen LogP contribution in [0, 0.1) is 5.82 Å². The van der Waals surface area contributed by atoms with Crippen molar-refractivity contribution in [3.63, 3.8) is 0 Å². The predicted octanol–water partition coefficient (Wildman–Crippen LogP) is -0.226. The van der Waals surface area contributed by atoms with Gasteiger partial charge in [0.15, 0.2) is 0 Å². The Balaban J connectivity index is 3.05. The Kier molecular flexibility index (Phi) is 4.25. The summed E-state index contributed by atoms with van der Waals surface area (Å²) in [6, 6.07) is 3.18. The number of amides is 1. The molecule has 0 fully saturated rings. The van der Waals surface area contributed by atoms with Crippen LogP contribution < -0.4 is 11.1 Å². The first-order valence-corrected chi connectivity index (χ1v) is 6.45. The molecule has 1 rings (SSSR count). The van der Waals surface area contributed by atoms with Gasteiger partial charge in [-0.15, -0.1) is 0 Å². The zero-order valence-electron chi connectivity index (χ0n) is 9.97. The van der Waals surface area contributed by atoms with Crippen LogP contribution in [0.5, 0.6) is 0 Å². The third-order valence-electron chi connectivity index (χ3n) is 2.33. The molecule has 0 atom stereocenters. The number of likely N-dealkylation sites (N-methyl/N-ethyl adjacent to an activating group) is 2. The number of nitrogen functional groups attached to an aromatic ring is 1. The molecule has 0 radical (unpaired) electrons. The Morgan fingerprint density at radius 3 is 2.61 bits per heavy atom. The molecule has 0 aliphatic carbocycles.